The van der Waals surface area contributed by atoms with E-state index in [1.54, 1.807) is 43.1 Å². The number of carbonyl (C=O) groups is 5. The number of hydrogen-bond acceptors (Lipinski definition) is 13. The van der Waals surface area contributed by atoms with Crippen LogP contribution in [0.3, 0.4) is 0 Å². The number of benzene rings is 3. The lowest BCUT2D eigenvalue weighted by Crippen LogP contribution is -3.00. The number of piperazine rings is 1. The third-order valence-corrected chi connectivity index (χ3v) is 17.2. The van der Waals surface area contributed by atoms with E-state index < -0.39 is 83.6 Å². The molecule has 460 valence electrons. The van der Waals surface area contributed by atoms with Crippen LogP contribution in [0, 0.1) is 17.8 Å². The van der Waals surface area contributed by atoms with E-state index in [0.29, 0.717) is 61.3 Å². The first-order valence-electron chi connectivity index (χ1n) is 29.5. The van der Waals surface area contributed by atoms with Crippen LogP contribution in [0.5, 0.6) is 0 Å². The van der Waals surface area contributed by atoms with Crippen LogP contribution in [0.15, 0.2) is 109 Å². The molecule has 2 fully saturated rings. The number of alkyl carbamates (subject to hydrolysis) is 1. The normalized spacial score (nSPS) is 26.0. The summed E-state index contributed by atoms with van der Waals surface area (Å²) in [6, 6.07) is 21.8. The quantitative estimate of drug-likeness (QED) is 0.0210. The summed E-state index contributed by atoms with van der Waals surface area (Å²) in [6.45, 7) is 19.2. The maximum absolute atomic E-state index is 14.1. The summed E-state index contributed by atoms with van der Waals surface area (Å²) >= 11 is 0. The van der Waals surface area contributed by atoms with Gasteiger partial charge in [-0.2, -0.15) is 0 Å². The highest BCUT2D eigenvalue weighted by atomic mass is 79.9. The zero-order chi connectivity index (χ0) is 60.4. The summed E-state index contributed by atoms with van der Waals surface area (Å²) in [6.07, 6.45) is 5.44. The molecular weight excluding hydrogens is 1140 g/mol. The minimum Gasteiger partial charge on any atom is -1.00 e. The Labute approximate surface area is 506 Å². The number of halogens is 1. The van der Waals surface area contributed by atoms with Crippen molar-refractivity contribution in [2.24, 2.45) is 17.8 Å². The minimum absolute atomic E-state index is 0. The molecule has 0 bridgehead atoms. The number of carbonyl (C=O) groups excluding carboxylic acids is 5. The molecule has 0 spiro atoms. The summed E-state index contributed by atoms with van der Waals surface area (Å²) in [7, 11) is 3.68. The van der Waals surface area contributed by atoms with Crippen molar-refractivity contribution in [1.82, 2.24) is 15.5 Å². The Morgan fingerprint density at radius 3 is 2.18 bits per heavy atom. The average molecular weight is 1230 g/mol. The number of esters is 1. The first-order chi connectivity index (χ1) is 39.3. The van der Waals surface area contributed by atoms with Crippen LogP contribution in [0.1, 0.15) is 117 Å². The third-order valence-electron chi connectivity index (χ3n) is 17.2. The van der Waals surface area contributed by atoms with Crippen molar-refractivity contribution < 1.29 is 84.4 Å². The van der Waals surface area contributed by atoms with E-state index >= 15 is 0 Å². The number of aliphatic hydroxyl groups excluding tert-OH is 2. The van der Waals surface area contributed by atoms with E-state index in [9.17, 15) is 39.3 Å². The number of aliphatic hydroxyl groups is 3. The van der Waals surface area contributed by atoms with Gasteiger partial charge in [0.1, 0.15) is 36.9 Å². The molecular formula is C65H90BrN5O13. The van der Waals surface area contributed by atoms with Gasteiger partial charge in [-0.05, 0) is 98.9 Å². The number of methoxy groups -OCH3 is 1. The first kappa shape index (κ1) is 67.2. The van der Waals surface area contributed by atoms with Crippen LogP contribution in [-0.2, 0) is 44.6 Å². The fraction of sp³-hybridized carbons (Fsp3) is 0.554. The van der Waals surface area contributed by atoms with Gasteiger partial charge < -0.3 is 76.4 Å². The van der Waals surface area contributed by atoms with Crippen molar-refractivity contribution in [2.75, 3.05) is 52.3 Å². The Kier molecular flexibility index (Phi) is 23.6. The molecule has 0 aromatic heterocycles. The van der Waals surface area contributed by atoms with E-state index in [2.05, 4.69) is 35.1 Å². The second-order valence-corrected chi connectivity index (χ2v) is 24.5. The molecule has 4 aliphatic rings. The molecule has 0 unspecified atom stereocenters. The van der Waals surface area contributed by atoms with Gasteiger partial charge in [0.25, 0.3) is 0 Å². The first-order valence-corrected chi connectivity index (χ1v) is 29.5. The lowest BCUT2D eigenvalue weighted by Gasteiger charge is -2.42. The Morgan fingerprint density at radius 2 is 1.57 bits per heavy atom. The summed E-state index contributed by atoms with van der Waals surface area (Å²) < 4.78 is 30.5. The van der Waals surface area contributed by atoms with Crippen LogP contribution < -0.4 is 32.9 Å². The van der Waals surface area contributed by atoms with Crippen molar-refractivity contribution in [1.29, 1.82) is 0 Å². The zero-order valence-electron chi connectivity index (χ0n) is 50.7. The molecule has 19 heteroatoms. The maximum Gasteiger partial charge on any atom is 0.410 e. The second kappa shape index (κ2) is 29.4. The minimum atomic E-state index is -1.20. The van der Waals surface area contributed by atoms with Crippen molar-refractivity contribution in [3.63, 3.8) is 0 Å². The standard InChI is InChI=1S/C65H89N5O13.BrH/c1-12-53(72)43(6)59-54(81-59)37-64(8,78)30-17-18-41(4)58-42(5)23-28-55(65(9,79-11)31-29-47(71)36-56(73)83-58)82-63(77)69-32-34-70(10,35-33-69)38-45-24-26-46(27-25-45)67-60(74)44(7)66-61(75)57(40(2)3)68-62(76)80-39-52-50-21-15-13-19-48(50)49-20-14-16-22-51(49)52;/h13-28,30,40,42-44,47,52-55,57-59,71-72,78H,12,29,31-39H2,1-11H3,(H2-,66,67,68,74,75,76);1H/b28-23-,30-17+,41-18+;/t42-,43+,44-,47+,53-,54-,55-,57-,58+,59-,64-,65+;/m0./s1. The van der Waals surface area contributed by atoms with Gasteiger partial charge in [-0.3, -0.25) is 19.3 Å². The number of anilines is 1. The molecule has 3 heterocycles. The van der Waals surface area contributed by atoms with Gasteiger partial charge in [0.15, 0.2) is 6.10 Å². The Hall–Kier alpha value is -5.93. The largest absolute Gasteiger partial charge is 1.00 e. The molecule has 0 radical (unpaired) electrons. The highest BCUT2D eigenvalue weighted by Gasteiger charge is 2.47. The van der Waals surface area contributed by atoms with Crippen LogP contribution in [-0.4, -0.2) is 162 Å². The molecule has 4 amide bonds. The van der Waals surface area contributed by atoms with Crippen LogP contribution in [0.4, 0.5) is 15.3 Å². The van der Waals surface area contributed by atoms with Gasteiger partial charge in [-0.25, -0.2) is 9.59 Å². The molecule has 7 rings (SSSR count). The molecule has 18 nitrogen and oxygen atoms in total. The maximum atomic E-state index is 14.1. The smallest absolute Gasteiger partial charge is 0.410 e. The number of quaternary nitrogens is 1. The second-order valence-electron chi connectivity index (χ2n) is 24.5. The number of ether oxygens (including phenoxy) is 5. The van der Waals surface area contributed by atoms with Gasteiger partial charge in [0.2, 0.25) is 11.8 Å². The Morgan fingerprint density at radius 1 is 0.940 bits per heavy atom. The predicted octanol–water partition coefficient (Wildman–Crippen LogP) is 5.34. The zero-order valence-corrected chi connectivity index (χ0v) is 52.3. The lowest BCUT2D eigenvalue weighted by atomic mass is 9.88. The predicted molar refractivity (Wildman–Crippen MR) is 317 cm³/mol. The lowest BCUT2D eigenvalue weighted by molar-refractivity contribution is -0.926. The van der Waals surface area contributed by atoms with Gasteiger partial charge >= 0.3 is 18.2 Å². The molecule has 3 aliphatic heterocycles. The van der Waals surface area contributed by atoms with Crippen molar-refractivity contribution >= 4 is 35.7 Å². The third kappa shape index (κ3) is 17.6. The number of amides is 4. The molecule has 3 aromatic carbocycles. The highest BCUT2D eigenvalue weighted by molar-refractivity contribution is 5.98. The topological polar surface area (TPSA) is 235 Å². The van der Waals surface area contributed by atoms with Gasteiger partial charge in [0.05, 0.1) is 69.7 Å². The molecule has 0 saturated carbocycles. The van der Waals surface area contributed by atoms with E-state index in [4.69, 9.17) is 23.7 Å². The Bertz CT molecular complexity index is 2790. The molecule has 2 saturated heterocycles. The molecule has 6 N–H and O–H groups in total. The molecule has 1 aliphatic carbocycles. The number of rotatable bonds is 20. The highest BCUT2D eigenvalue weighted by Crippen LogP contribution is 2.45. The fourth-order valence-electron chi connectivity index (χ4n) is 11.5. The van der Waals surface area contributed by atoms with Crippen LogP contribution in [0.25, 0.3) is 11.1 Å². The summed E-state index contributed by atoms with van der Waals surface area (Å²) in [4.78, 5) is 69.0. The number of nitrogens with one attached hydrogen (secondary N) is 3. The van der Waals surface area contributed by atoms with Gasteiger partial charge in [-0.1, -0.05) is 120 Å². The summed E-state index contributed by atoms with van der Waals surface area (Å²) in [5.41, 5.74) is 4.41. The van der Waals surface area contributed by atoms with Crippen molar-refractivity contribution in [3.05, 3.63) is 125 Å². The fourth-order valence-corrected chi connectivity index (χ4v) is 11.5. The van der Waals surface area contributed by atoms with Crippen LogP contribution >= 0.6 is 0 Å². The summed E-state index contributed by atoms with van der Waals surface area (Å²) in [5.74, 6) is -2.36. The van der Waals surface area contributed by atoms with Gasteiger partial charge in [-0.15, -0.1) is 0 Å². The molecule has 12 atom stereocenters. The number of epoxide rings is 1. The molecule has 3 aromatic rings. The van der Waals surface area contributed by atoms with Crippen molar-refractivity contribution in [3.8, 4) is 11.1 Å². The number of fused-ring (bicyclic) bond motifs is 3. The van der Waals surface area contributed by atoms with Crippen LogP contribution in [0.2, 0.25) is 0 Å². The SMILES string of the molecule is CC[C@H](O)[C@@H](C)[C@@H]1O[C@H]1C[C@@](C)(O)/C=C/C=C(\C)[C@H]1OC(=O)C[C@H](O)CC[C@@](C)(OC)[C@@H](OC(=O)N2CC[N+](C)(Cc3ccc(NC(=O)[C@H](C)NC(=O)[C@@H](NC(=O)OCC4c5ccccc5-c5ccccc54)C(C)C)cc3)CC2)/C=C\[C@@H]1C.[Br-]. The summed E-state index contributed by atoms with van der Waals surface area (Å²) in [5, 5.41) is 40.8. The van der Waals surface area contributed by atoms with Gasteiger partial charge in [0, 0.05) is 42.5 Å². The molecule has 84 heavy (non-hydrogen) atoms. The van der Waals surface area contributed by atoms with E-state index in [1.165, 1.54) is 7.11 Å². The monoisotopic (exact) mass is 1230 g/mol. The number of likely N-dealkylation sites (N-methyl/N-ethyl adjacent to an activating group) is 1. The number of cyclic esters (lactones) is 1. The van der Waals surface area contributed by atoms with E-state index in [-0.39, 0.29) is 72.8 Å². The average Bonchev–Trinajstić information content (AvgIpc) is 3.67. The van der Waals surface area contributed by atoms with E-state index in [1.807, 2.05) is 115 Å². The number of nitrogens with zero attached hydrogens (tertiary/aromatic N) is 2. The van der Waals surface area contributed by atoms with Crippen molar-refractivity contribution in [2.45, 2.75) is 167 Å². The number of allylic oxidation sites excluding steroid dienone is 2. The van der Waals surface area contributed by atoms with E-state index in [0.717, 1.165) is 27.8 Å². The Balaban J connectivity index is 0.0000113. The number of hydrogen-bond donors (Lipinski definition) is 6.